The summed E-state index contributed by atoms with van der Waals surface area (Å²) in [4.78, 5) is 15.5. The largest absolute Gasteiger partial charge is 0.385 e. The van der Waals surface area contributed by atoms with Gasteiger partial charge in [0.1, 0.15) is 5.69 Å². The van der Waals surface area contributed by atoms with Crippen molar-refractivity contribution in [2.75, 3.05) is 18.9 Å². The number of hydrogen-bond acceptors (Lipinski definition) is 3. The van der Waals surface area contributed by atoms with Gasteiger partial charge in [-0.05, 0) is 36.8 Å². The van der Waals surface area contributed by atoms with Crippen LogP contribution in [0.4, 0.5) is 5.69 Å². The summed E-state index contributed by atoms with van der Waals surface area (Å²) in [5, 5.41) is 5.99. The summed E-state index contributed by atoms with van der Waals surface area (Å²) in [6, 6.07) is 3.71. The lowest BCUT2D eigenvalue weighted by molar-refractivity contribution is 0.0958. The highest BCUT2D eigenvalue weighted by Crippen LogP contribution is 2.30. The molecular formula is C14H21N3O. The molecule has 1 aliphatic carbocycles. The predicted molar refractivity (Wildman–Crippen MR) is 72.6 cm³/mol. The predicted octanol–water partition coefficient (Wildman–Crippen LogP) is 2.29. The van der Waals surface area contributed by atoms with Gasteiger partial charge in [0.15, 0.2) is 0 Å². The molecule has 2 rings (SSSR count). The summed E-state index contributed by atoms with van der Waals surface area (Å²) in [5.41, 5.74) is 1.44. The molecule has 2 unspecified atom stereocenters. The molecule has 0 radical (unpaired) electrons. The maximum Gasteiger partial charge on any atom is 0.269 e. The van der Waals surface area contributed by atoms with Crippen LogP contribution in [0.5, 0.6) is 0 Å². The molecule has 1 aromatic rings. The van der Waals surface area contributed by atoms with Gasteiger partial charge in [0.25, 0.3) is 5.91 Å². The van der Waals surface area contributed by atoms with Gasteiger partial charge in [-0.1, -0.05) is 13.3 Å². The van der Waals surface area contributed by atoms with Gasteiger partial charge in [0.05, 0.1) is 0 Å². The summed E-state index contributed by atoms with van der Waals surface area (Å²) in [6.45, 7) is 3.30. The van der Waals surface area contributed by atoms with Gasteiger partial charge in [-0.25, -0.2) is 0 Å². The molecule has 0 aliphatic heterocycles. The van der Waals surface area contributed by atoms with E-state index < -0.39 is 0 Å². The standard InChI is InChI=1S/C14H21N3O/c1-10-3-4-11(7-10)9-17-12-5-6-16-13(8-12)14(18)15-2/h5-6,8,10-11H,3-4,7,9H2,1-2H3,(H,15,18)(H,16,17). The van der Waals surface area contributed by atoms with Gasteiger partial charge >= 0.3 is 0 Å². The Morgan fingerprint density at radius 3 is 3.00 bits per heavy atom. The lowest BCUT2D eigenvalue weighted by Crippen LogP contribution is -2.19. The number of anilines is 1. The number of carbonyl (C=O) groups excluding carboxylic acids is 1. The van der Waals surface area contributed by atoms with Crippen molar-refractivity contribution in [1.82, 2.24) is 10.3 Å². The average Bonchev–Trinajstić information content (AvgIpc) is 2.81. The minimum Gasteiger partial charge on any atom is -0.385 e. The van der Waals surface area contributed by atoms with Crippen molar-refractivity contribution in [3.05, 3.63) is 24.0 Å². The number of aromatic nitrogens is 1. The zero-order valence-corrected chi connectivity index (χ0v) is 11.1. The van der Waals surface area contributed by atoms with E-state index in [-0.39, 0.29) is 5.91 Å². The Labute approximate surface area is 108 Å². The molecule has 0 aromatic carbocycles. The minimum atomic E-state index is -0.145. The van der Waals surface area contributed by atoms with E-state index in [1.54, 1.807) is 19.3 Å². The van der Waals surface area contributed by atoms with E-state index >= 15 is 0 Å². The van der Waals surface area contributed by atoms with E-state index in [1.807, 2.05) is 6.07 Å². The van der Waals surface area contributed by atoms with Crippen molar-refractivity contribution in [3.63, 3.8) is 0 Å². The highest BCUT2D eigenvalue weighted by molar-refractivity contribution is 5.92. The third-order valence-corrected chi connectivity index (χ3v) is 3.62. The van der Waals surface area contributed by atoms with Crippen LogP contribution in [-0.2, 0) is 0 Å². The zero-order valence-electron chi connectivity index (χ0n) is 11.1. The molecule has 2 N–H and O–H groups in total. The molecule has 1 heterocycles. The molecule has 1 fully saturated rings. The number of nitrogens with zero attached hydrogens (tertiary/aromatic N) is 1. The van der Waals surface area contributed by atoms with Gasteiger partial charge in [-0.15, -0.1) is 0 Å². The molecule has 0 spiro atoms. The molecule has 1 saturated carbocycles. The maximum atomic E-state index is 11.5. The van der Waals surface area contributed by atoms with Gasteiger partial charge in [0, 0.05) is 25.5 Å². The number of pyridine rings is 1. The second-order valence-electron chi connectivity index (χ2n) is 5.17. The number of rotatable bonds is 4. The highest BCUT2D eigenvalue weighted by Gasteiger charge is 2.20. The van der Waals surface area contributed by atoms with Crippen molar-refractivity contribution in [3.8, 4) is 0 Å². The monoisotopic (exact) mass is 247 g/mol. The third-order valence-electron chi connectivity index (χ3n) is 3.62. The van der Waals surface area contributed by atoms with Gasteiger partial charge < -0.3 is 10.6 Å². The quantitative estimate of drug-likeness (QED) is 0.858. The highest BCUT2D eigenvalue weighted by atomic mass is 16.1. The fraction of sp³-hybridized carbons (Fsp3) is 0.571. The fourth-order valence-corrected chi connectivity index (χ4v) is 2.57. The van der Waals surface area contributed by atoms with E-state index in [2.05, 4.69) is 22.5 Å². The van der Waals surface area contributed by atoms with Gasteiger partial charge in [-0.3, -0.25) is 9.78 Å². The summed E-state index contributed by atoms with van der Waals surface area (Å²) >= 11 is 0. The summed E-state index contributed by atoms with van der Waals surface area (Å²) < 4.78 is 0. The molecule has 1 aromatic heterocycles. The Balaban J connectivity index is 1.91. The Morgan fingerprint density at radius 1 is 1.50 bits per heavy atom. The summed E-state index contributed by atoms with van der Waals surface area (Å²) in [6.07, 6.45) is 5.62. The van der Waals surface area contributed by atoms with Crippen LogP contribution in [0.2, 0.25) is 0 Å². The van der Waals surface area contributed by atoms with Crippen LogP contribution in [0.3, 0.4) is 0 Å². The van der Waals surface area contributed by atoms with E-state index in [4.69, 9.17) is 0 Å². The molecular weight excluding hydrogens is 226 g/mol. The maximum absolute atomic E-state index is 11.5. The average molecular weight is 247 g/mol. The minimum absolute atomic E-state index is 0.145. The van der Waals surface area contributed by atoms with Crippen LogP contribution in [0.25, 0.3) is 0 Å². The van der Waals surface area contributed by atoms with E-state index in [0.29, 0.717) is 5.69 Å². The van der Waals surface area contributed by atoms with Crippen LogP contribution in [0.1, 0.15) is 36.7 Å². The van der Waals surface area contributed by atoms with Crippen molar-refractivity contribution in [2.45, 2.75) is 26.2 Å². The summed E-state index contributed by atoms with van der Waals surface area (Å²) in [7, 11) is 1.62. The first-order valence-electron chi connectivity index (χ1n) is 6.61. The van der Waals surface area contributed by atoms with E-state index in [1.165, 1.54) is 19.3 Å². The van der Waals surface area contributed by atoms with Crippen LogP contribution >= 0.6 is 0 Å². The van der Waals surface area contributed by atoms with Crippen LogP contribution in [-0.4, -0.2) is 24.5 Å². The lowest BCUT2D eigenvalue weighted by atomic mass is 10.1. The Morgan fingerprint density at radius 2 is 2.33 bits per heavy atom. The fourth-order valence-electron chi connectivity index (χ4n) is 2.57. The topological polar surface area (TPSA) is 54.0 Å². The third kappa shape index (κ3) is 3.22. The smallest absolute Gasteiger partial charge is 0.269 e. The molecule has 0 bridgehead atoms. The molecule has 4 heteroatoms. The molecule has 18 heavy (non-hydrogen) atoms. The number of hydrogen-bond donors (Lipinski definition) is 2. The first kappa shape index (κ1) is 12.9. The van der Waals surface area contributed by atoms with Crippen LogP contribution in [0, 0.1) is 11.8 Å². The van der Waals surface area contributed by atoms with E-state index in [9.17, 15) is 4.79 Å². The Hall–Kier alpha value is -1.58. The second-order valence-corrected chi connectivity index (χ2v) is 5.17. The summed E-state index contributed by atoms with van der Waals surface area (Å²) in [5.74, 6) is 1.47. The zero-order chi connectivity index (χ0) is 13.0. The first-order chi connectivity index (χ1) is 8.69. The Kier molecular flexibility index (Phi) is 4.18. The van der Waals surface area contributed by atoms with Crippen molar-refractivity contribution >= 4 is 11.6 Å². The normalized spacial score (nSPS) is 22.8. The molecule has 98 valence electrons. The molecule has 2 atom stereocenters. The van der Waals surface area contributed by atoms with Gasteiger partial charge in [0.2, 0.25) is 0 Å². The van der Waals surface area contributed by atoms with Crippen LogP contribution < -0.4 is 10.6 Å². The van der Waals surface area contributed by atoms with Gasteiger partial charge in [-0.2, -0.15) is 0 Å². The molecule has 1 amide bonds. The van der Waals surface area contributed by atoms with Crippen molar-refractivity contribution in [1.29, 1.82) is 0 Å². The van der Waals surface area contributed by atoms with Crippen LogP contribution in [0.15, 0.2) is 18.3 Å². The number of carbonyl (C=O) groups is 1. The lowest BCUT2D eigenvalue weighted by Gasteiger charge is -2.12. The SMILES string of the molecule is CNC(=O)c1cc(NCC2CCC(C)C2)ccn1. The molecule has 4 nitrogen and oxygen atoms in total. The second kappa shape index (κ2) is 5.85. The van der Waals surface area contributed by atoms with Crippen molar-refractivity contribution in [2.24, 2.45) is 11.8 Å². The first-order valence-corrected chi connectivity index (χ1v) is 6.61. The molecule has 1 aliphatic rings. The molecule has 0 saturated heterocycles. The Bertz CT molecular complexity index is 419. The van der Waals surface area contributed by atoms with E-state index in [0.717, 1.165) is 24.1 Å². The van der Waals surface area contributed by atoms with Crippen molar-refractivity contribution < 1.29 is 4.79 Å². The number of amides is 1. The number of nitrogens with one attached hydrogen (secondary N) is 2.